The molecule has 240 valence electrons. The molecule has 0 saturated heterocycles. The lowest BCUT2D eigenvalue weighted by Crippen LogP contribution is -2.48. The molecule has 8 nitrogen and oxygen atoms in total. The van der Waals surface area contributed by atoms with Crippen LogP contribution in [0.15, 0.2) is 88.3 Å². The highest BCUT2D eigenvalue weighted by atomic mass is 79.9. The maximum Gasteiger partial charge on any atom is 0.417 e. The third-order valence-corrected chi connectivity index (χ3v) is 9.72. The molecule has 1 N–H and O–H groups in total. The molecule has 47 heavy (non-hydrogen) atoms. The van der Waals surface area contributed by atoms with E-state index in [2.05, 4.69) is 21.2 Å². The number of nitrogens with zero attached hydrogens (tertiary/aromatic N) is 4. The van der Waals surface area contributed by atoms with Gasteiger partial charge in [-0.2, -0.15) is 18.3 Å². The van der Waals surface area contributed by atoms with Crippen molar-refractivity contribution in [3.63, 3.8) is 0 Å². The number of hydrogen-bond acceptors (Lipinski definition) is 4. The molecule has 2 aromatic heterocycles. The fourth-order valence-corrected chi connectivity index (χ4v) is 6.98. The van der Waals surface area contributed by atoms with Gasteiger partial charge < -0.3 is 10.2 Å². The van der Waals surface area contributed by atoms with E-state index >= 15 is 0 Å². The Morgan fingerprint density at radius 3 is 2.36 bits per heavy atom. The molecular formula is C35H29BrF3N5O3. The van der Waals surface area contributed by atoms with Crippen molar-refractivity contribution in [2.24, 2.45) is 5.92 Å². The summed E-state index contributed by atoms with van der Waals surface area (Å²) in [5, 5.41) is 7.33. The van der Waals surface area contributed by atoms with Crippen molar-refractivity contribution in [3.05, 3.63) is 133 Å². The molecular weight excluding hydrogens is 675 g/mol. The second-order valence-electron chi connectivity index (χ2n) is 12.0. The molecule has 2 aliphatic rings. The fourth-order valence-electron chi connectivity index (χ4n) is 6.51. The standard InChI is InChI=1S/C35H29BrF3N5O3/c1-40-31(45)22-9-12-25(13-10-22)43-32-24(15-20-5-3-2-4-6-20)18-41-44(32)30-19-42(29(21-7-8-21)17-26(30)34(43)47)33(46)23-11-14-28(36)27(16-23)35(37,38)39/h2-6,9-14,16,18,21,29H,7-8,15,17,19H2,1H3,(H,40,45)/t29-/m0/s1. The number of hydrogen-bond donors (Lipinski definition) is 1. The largest absolute Gasteiger partial charge is 0.417 e. The molecule has 2 amide bonds. The quantitative estimate of drug-likeness (QED) is 0.228. The minimum atomic E-state index is -4.64. The third-order valence-electron chi connectivity index (χ3n) is 9.03. The number of benzene rings is 3. The first-order chi connectivity index (χ1) is 22.5. The lowest BCUT2D eigenvalue weighted by atomic mass is 9.93. The topological polar surface area (TPSA) is 88.7 Å². The second-order valence-corrected chi connectivity index (χ2v) is 12.8. The average molecular weight is 705 g/mol. The van der Waals surface area contributed by atoms with Crippen LogP contribution < -0.4 is 10.9 Å². The molecule has 3 heterocycles. The van der Waals surface area contributed by atoms with Crippen molar-refractivity contribution in [3.8, 4) is 5.69 Å². The van der Waals surface area contributed by atoms with Crippen LogP contribution in [-0.2, 0) is 25.6 Å². The Labute approximate surface area is 275 Å². The summed E-state index contributed by atoms with van der Waals surface area (Å²) in [6.45, 7) is 0.0153. The van der Waals surface area contributed by atoms with E-state index in [1.165, 1.54) is 12.1 Å². The zero-order valence-corrected chi connectivity index (χ0v) is 26.8. The van der Waals surface area contributed by atoms with Crippen molar-refractivity contribution >= 4 is 33.4 Å². The number of alkyl halides is 3. The zero-order valence-electron chi connectivity index (χ0n) is 25.2. The SMILES string of the molecule is CNC(=O)c1ccc(-n2c(=O)c3c(n4ncc(Cc5ccccc5)c24)CN(C(=O)c2ccc(Br)c(C(F)(F)F)c2)[C@H](C2CC2)C3)cc1. The van der Waals surface area contributed by atoms with Gasteiger partial charge in [0.25, 0.3) is 17.4 Å². The van der Waals surface area contributed by atoms with Crippen molar-refractivity contribution in [2.75, 3.05) is 7.05 Å². The van der Waals surface area contributed by atoms with Crippen LogP contribution in [0, 0.1) is 5.92 Å². The van der Waals surface area contributed by atoms with Gasteiger partial charge in [0.05, 0.1) is 29.7 Å². The Kier molecular flexibility index (Phi) is 7.78. The molecule has 1 aliphatic carbocycles. The zero-order chi connectivity index (χ0) is 33.0. The number of carbonyl (C=O) groups excluding carboxylic acids is 2. The van der Waals surface area contributed by atoms with Crippen LogP contribution in [0.3, 0.4) is 0 Å². The molecule has 0 bridgehead atoms. The predicted octanol–water partition coefficient (Wildman–Crippen LogP) is 6.19. The van der Waals surface area contributed by atoms with Gasteiger partial charge >= 0.3 is 6.18 Å². The summed E-state index contributed by atoms with van der Waals surface area (Å²) in [5.41, 5.74) is 3.10. The molecule has 0 radical (unpaired) electrons. The number of aromatic nitrogens is 3. The highest BCUT2D eigenvalue weighted by Gasteiger charge is 2.43. The van der Waals surface area contributed by atoms with E-state index in [4.69, 9.17) is 5.10 Å². The Hall–Kier alpha value is -4.71. The number of fused-ring (bicyclic) bond motifs is 3. The van der Waals surface area contributed by atoms with Crippen molar-refractivity contribution < 1.29 is 22.8 Å². The predicted molar refractivity (Wildman–Crippen MR) is 173 cm³/mol. The first-order valence-corrected chi connectivity index (χ1v) is 16.0. The van der Waals surface area contributed by atoms with Crippen LogP contribution in [0.1, 0.15) is 61.5 Å². The van der Waals surface area contributed by atoms with Crippen LogP contribution in [0.5, 0.6) is 0 Å². The van der Waals surface area contributed by atoms with Gasteiger partial charge in [-0.25, -0.2) is 4.52 Å². The van der Waals surface area contributed by atoms with Crippen molar-refractivity contribution in [1.29, 1.82) is 0 Å². The van der Waals surface area contributed by atoms with Gasteiger partial charge in [0.15, 0.2) is 0 Å². The Bertz CT molecular complexity index is 2090. The molecule has 0 unspecified atom stereocenters. The number of halogens is 4. The highest BCUT2D eigenvalue weighted by Crippen LogP contribution is 2.41. The summed E-state index contributed by atoms with van der Waals surface area (Å²) in [6.07, 6.45) is -0.490. The van der Waals surface area contributed by atoms with Gasteiger partial charge in [-0.1, -0.05) is 46.3 Å². The minimum absolute atomic E-state index is 0.0153. The van der Waals surface area contributed by atoms with Crippen molar-refractivity contribution in [2.45, 2.75) is 44.4 Å². The van der Waals surface area contributed by atoms with E-state index in [-0.39, 0.29) is 46.4 Å². The highest BCUT2D eigenvalue weighted by molar-refractivity contribution is 9.10. The molecule has 5 aromatic rings. The van der Waals surface area contributed by atoms with E-state index in [1.54, 1.807) is 51.5 Å². The molecule has 1 atom stereocenters. The molecule has 0 spiro atoms. The maximum atomic E-state index is 14.5. The lowest BCUT2D eigenvalue weighted by molar-refractivity contribution is -0.138. The first-order valence-electron chi connectivity index (χ1n) is 15.2. The molecule has 12 heteroatoms. The van der Waals surface area contributed by atoms with Gasteiger partial charge in [-0.3, -0.25) is 19.0 Å². The lowest BCUT2D eigenvalue weighted by Gasteiger charge is -2.37. The normalized spacial score (nSPS) is 16.3. The maximum absolute atomic E-state index is 14.5. The Balaban J connectivity index is 1.38. The summed E-state index contributed by atoms with van der Waals surface area (Å²) >= 11 is 2.97. The van der Waals surface area contributed by atoms with Gasteiger partial charge in [0.1, 0.15) is 5.65 Å². The Morgan fingerprint density at radius 1 is 1.00 bits per heavy atom. The monoisotopic (exact) mass is 703 g/mol. The summed E-state index contributed by atoms with van der Waals surface area (Å²) in [4.78, 5) is 42.4. The first kappa shape index (κ1) is 30.9. The van der Waals surface area contributed by atoms with Gasteiger partial charge in [0.2, 0.25) is 0 Å². The van der Waals surface area contributed by atoms with Crippen LogP contribution in [0.2, 0.25) is 0 Å². The summed E-state index contributed by atoms with van der Waals surface area (Å²) in [5.74, 6) is -0.644. The number of carbonyl (C=O) groups is 2. The van der Waals surface area contributed by atoms with Gasteiger partial charge in [-0.05, 0) is 66.8 Å². The van der Waals surface area contributed by atoms with E-state index in [0.29, 0.717) is 34.6 Å². The van der Waals surface area contributed by atoms with Crippen molar-refractivity contribution in [1.82, 2.24) is 24.4 Å². The Morgan fingerprint density at radius 2 is 1.70 bits per heavy atom. The van der Waals surface area contributed by atoms with Crippen LogP contribution in [0.4, 0.5) is 13.2 Å². The molecule has 7 rings (SSSR count). The van der Waals surface area contributed by atoms with E-state index in [0.717, 1.165) is 30.0 Å². The number of rotatable bonds is 6. The van der Waals surface area contributed by atoms with Gasteiger partial charge in [0, 0.05) is 52.7 Å². The summed E-state index contributed by atoms with van der Waals surface area (Å²) in [6, 6.07) is 19.7. The molecule has 1 fully saturated rings. The molecule has 1 saturated carbocycles. The van der Waals surface area contributed by atoms with E-state index in [1.807, 2.05) is 30.3 Å². The van der Waals surface area contributed by atoms with Crippen LogP contribution in [-0.4, -0.2) is 44.0 Å². The van der Waals surface area contributed by atoms with E-state index in [9.17, 15) is 27.6 Å². The van der Waals surface area contributed by atoms with Crippen LogP contribution >= 0.6 is 15.9 Å². The number of amides is 2. The summed E-state index contributed by atoms with van der Waals surface area (Å²) in [7, 11) is 1.55. The summed E-state index contributed by atoms with van der Waals surface area (Å²) < 4.78 is 44.4. The van der Waals surface area contributed by atoms with E-state index < -0.39 is 17.6 Å². The molecule has 1 aliphatic heterocycles. The number of nitrogens with one attached hydrogen (secondary N) is 1. The fraction of sp³-hybridized carbons (Fsp3) is 0.257. The van der Waals surface area contributed by atoms with Gasteiger partial charge in [-0.15, -0.1) is 0 Å². The average Bonchev–Trinajstić information content (AvgIpc) is 3.84. The second kappa shape index (κ2) is 11.8. The third kappa shape index (κ3) is 5.64. The smallest absolute Gasteiger partial charge is 0.355 e. The minimum Gasteiger partial charge on any atom is -0.355 e. The molecule has 3 aromatic carbocycles. The van der Waals surface area contributed by atoms with Crippen LogP contribution in [0.25, 0.3) is 11.3 Å².